The van der Waals surface area contributed by atoms with Crippen molar-refractivity contribution in [3.05, 3.63) is 125 Å². The maximum Gasteiger partial charge on any atom is 0.416 e. The van der Waals surface area contributed by atoms with E-state index in [-0.39, 0.29) is 34.6 Å². The van der Waals surface area contributed by atoms with Gasteiger partial charge in [0.2, 0.25) is 11.7 Å². The summed E-state index contributed by atoms with van der Waals surface area (Å²) in [4.78, 5) is 29.5. The molecule has 47 heavy (non-hydrogen) atoms. The lowest BCUT2D eigenvalue weighted by atomic mass is 9.88. The summed E-state index contributed by atoms with van der Waals surface area (Å²) in [6.45, 7) is 0.339. The van der Waals surface area contributed by atoms with Gasteiger partial charge in [-0.15, -0.1) is 11.8 Å². The van der Waals surface area contributed by atoms with E-state index < -0.39 is 29.1 Å². The first-order valence-corrected chi connectivity index (χ1v) is 16.0. The van der Waals surface area contributed by atoms with Crippen LogP contribution in [0.4, 0.5) is 13.2 Å². The molecule has 0 aliphatic carbocycles. The molecule has 1 aliphatic heterocycles. The van der Waals surface area contributed by atoms with Gasteiger partial charge in [-0.3, -0.25) is 9.59 Å². The van der Waals surface area contributed by atoms with Gasteiger partial charge in [0.1, 0.15) is 11.4 Å². The number of carbonyl (C=O) groups excluding carboxylic acids is 2. The fraction of sp³-hybridized carbons (Fsp3) is 0.278. The van der Waals surface area contributed by atoms with Crippen LogP contribution in [0.3, 0.4) is 0 Å². The number of alkyl halides is 3. The Morgan fingerprint density at radius 3 is 1.89 bits per heavy atom. The van der Waals surface area contributed by atoms with Gasteiger partial charge in [-0.2, -0.15) is 13.2 Å². The Morgan fingerprint density at radius 2 is 1.40 bits per heavy atom. The minimum Gasteiger partial charge on any atom is -0.493 e. The monoisotopic (exact) mass is 664 g/mol. The molecule has 0 radical (unpaired) electrons. The summed E-state index contributed by atoms with van der Waals surface area (Å²) in [5.74, 6) is 0.214. The van der Waals surface area contributed by atoms with Crippen molar-refractivity contribution in [2.75, 3.05) is 33.6 Å². The van der Waals surface area contributed by atoms with E-state index in [1.165, 1.54) is 62.3 Å². The van der Waals surface area contributed by atoms with E-state index in [1.807, 2.05) is 36.4 Å². The maximum atomic E-state index is 14.3. The molecule has 1 saturated heterocycles. The summed E-state index contributed by atoms with van der Waals surface area (Å²) in [7, 11) is 4.30. The zero-order valence-electron chi connectivity index (χ0n) is 26.1. The van der Waals surface area contributed by atoms with Crippen LogP contribution in [0.15, 0.2) is 97.1 Å². The highest BCUT2D eigenvalue weighted by molar-refractivity contribution is 7.99. The molecular weight excluding hydrogens is 629 g/mol. The van der Waals surface area contributed by atoms with Gasteiger partial charge < -0.3 is 24.4 Å². The van der Waals surface area contributed by atoms with Crippen molar-refractivity contribution >= 4 is 23.6 Å². The Bertz CT molecular complexity index is 1610. The van der Waals surface area contributed by atoms with Crippen molar-refractivity contribution in [1.82, 2.24) is 10.2 Å². The maximum absolute atomic E-state index is 14.3. The Kier molecular flexibility index (Phi) is 10.7. The molecule has 2 amide bonds. The zero-order chi connectivity index (χ0) is 33.6. The van der Waals surface area contributed by atoms with Crippen molar-refractivity contribution in [3.63, 3.8) is 0 Å². The predicted octanol–water partition coefficient (Wildman–Crippen LogP) is 7.33. The van der Waals surface area contributed by atoms with Crippen LogP contribution in [0.1, 0.15) is 50.3 Å². The number of rotatable bonds is 11. The van der Waals surface area contributed by atoms with Gasteiger partial charge in [0.05, 0.1) is 26.9 Å². The molecule has 246 valence electrons. The summed E-state index contributed by atoms with van der Waals surface area (Å²) in [5, 5.41) is 2.31. The van der Waals surface area contributed by atoms with Crippen molar-refractivity contribution in [3.8, 4) is 17.2 Å². The lowest BCUT2D eigenvalue weighted by molar-refractivity contribution is -0.137. The molecule has 2 atom stereocenters. The predicted molar refractivity (Wildman–Crippen MR) is 175 cm³/mol. The fourth-order valence-electron chi connectivity index (χ4n) is 5.76. The Morgan fingerprint density at radius 1 is 0.851 bits per heavy atom. The molecule has 0 spiro atoms. The van der Waals surface area contributed by atoms with E-state index >= 15 is 0 Å². The number of nitrogens with zero attached hydrogens (tertiary/aromatic N) is 1. The first kappa shape index (κ1) is 33.7. The molecule has 4 aromatic rings. The number of hydrogen-bond acceptors (Lipinski definition) is 6. The van der Waals surface area contributed by atoms with E-state index in [0.717, 1.165) is 23.3 Å². The summed E-state index contributed by atoms with van der Waals surface area (Å²) in [6.07, 6.45) is -3.89. The van der Waals surface area contributed by atoms with Crippen molar-refractivity contribution in [2.45, 2.75) is 29.9 Å². The number of hydrogen-bond donors (Lipinski definition) is 1. The highest BCUT2D eigenvalue weighted by Gasteiger charge is 2.43. The summed E-state index contributed by atoms with van der Waals surface area (Å²) in [5.41, 5.74) is 2.07. The van der Waals surface area contributed by atoms with Gasteiger partial charge in [0, 0.05) is 23.8 Å². The number of halogens is 3. The number of carbonyl (C=O) groups is 2. The molecule has 1 heterocycles. The molecule has 0 bridgehead atoms. The van der Waals surface area contributed by atoms with E-state index in [4.69, 9.17) is 14.2 Å². The van der Waals surface area contributed by atoms with Gasteiger partial charge in [-0.25, -0.2) is 0 Å². The van der Waals surface area contributed by atoms with Crippen LogP contribution in [0.25, 0.3) is 0 Å². The van der Waals surface area contributed by atoms with Gasteiger partial charge >= 0.3 is 6.18 Å². The molecule has 7 nitrogen and oxygen atoms in total. The number of ether oxygens (including phenoxy) is 3. The molecule has 5 rings (SSSR count). The van der Waals surface area contributed by atoms with Gasteiger partial charge in [0.15, 0.2) is 11.5 Å². The summed E-state index contributed by atoms with van der Waals surface area (Å²) >= 11 is 1.31. The molecule has 2 unspecified atom stereocenters. The number of nitrogens with one attached hydrogen (secondary N) is 1. The lowest BCUT2D eigenvalue weighted by Crippen LogP contribution is -2.48. The van der Waals surface area contributed by atoms with E-state index in [2.05, 4.69) is 29.6 Å². The molecule has 0 saturated carbocycles. The van der Waals surface area contributed by atoms with Crippen LogP contribution in [0.2, 0.25) is 0 Å². The topological polar surface area (TPSA) is 77.1 Å². The van der Waals surface area contributed by atoms with Crippen LogP contribution in [0, 0.1) is 0 Å². The second-order valence-corrected chi connectivity index (χ2v) is 12.0. The van der Waals surface area contributed by atoms with Crippen LogP contribution in [-0.2, 0) is 11.0 Å². The van der Waals surface area contributed by atoms with Crippen molar-refractivity contribution in [2.24, 2.45) is 0 Å². The Balaban J connectivity index is 1.42. The van der Waals surface area contributed by atoms with Crippen molar-refractivity contribution < 1.29 is 37.0 Å². The normalized spacial score (nSPS) is 16.2. The van der Waals surface area contributed by atoms with E-state index in [0.29, 0.717) is 24.3 Å². The van der Waals surface area contributed by atoms with Crippen LogP contribution in [-0.4, -0.2) is 56.4 Å². The van der Waals surface area contributed by atoms with E-state index in [9.17, 15) is 22.8 Å². The molecule has 4 aromatic carbocycles. The van der Waals surface area contributed by atoms with Crippen LogP contribution in [0.5, 0.6) is 17.2 Å². The minimum absolute atomic E-state index is 0.0347. The average Bonchev–Trinajstić information content (AvgIpc) is 3.55. The van der Waals surface area contributed by atoms with Gasteiger partial charge in [-0.1, -0.05) is 72.8 Å². The first-order valence-electron chi connectivity index (χ1n) is 14.9. The second kappa shape index (κ2) is 14.8. The smallest absolute Gasteiger partial charge is 0.416 e. The third-order valence-corrected chi connectivity index (χ3v) is 9.43. The molecule has 1 fully saturated rings. The molecule has 11 heteroatoms. The average molecular weight is 665 g/mol. The van der Waals surface area contributed by atoms with Crippen molar-refractivity contribution in [1.29, 1.82) is 0 Å². The molecule has 0 aromatic heterocycles. The minimum atomic E-state index is -4.51. The lowest BCUT2D eigenvalue weighted by Gasteiger charge is -2.30. The third-order valence-electron chi connectivity index (χ3n) is 8.11. The SMILES string of the molecule is COc1cc(C(=O)N2C(C(=O)NCCC(c3ccccc3)c3ccccc3)CSC2c2ccc(C(F)(F)F)cc2)cc(OC)c1OC. The van der Waals surface area contributed by atoms with Gasteiger partial charge in [-0.05, 0) is 47.4 Å². The molecule has 1 N–H and O–H groups in total. The van der Waals surface area contributed by atoms with Crippen LogP contribution < -0.4 is 19.5 Å². The number of benzene rings is 4. The van der Waals surface area contributed by atoms with Crippen LogP contribution >= 0.6 is 11.8 Å². The second-order valence-electron chi connectivity index (χ2n) is 10.9. The quantitative estimate of drug-likeness (QED) is 0.181. The number of thioether (sulfide) groups is 1. The van der Waals surface area contributed by atoms with E-state index in [1.54, 1.807) is 0 Å². The first-order chi connectivity index (χ1) is 22.7. The number of methoxy groups -OCH3 is 3. The zero-order valence-corrected chi connectivity index (χ0v) is 26.9. The number of amides is 2. The standard InChI is InChI=1S/C36H35F3N2O5S/c1-44-30-20-26(21-31(45-2)32(30)46-3)34(43)41-29(22-47-35(41)25-14-16-27(17-15-25)36(37,38)39)33(42)40-19-18-28(23-10-6-4-7-11-23)24-12-8-5-9-13-24/h4-17,20-21,28-29,35H,18-19,22H2,1-3H3,(H,40,42). The largest absolute Gasteiger partial charge is 0.493 e. The molecular formula is C36H35F3N2O5S. The Hall–Kier alpha value is -4.64. The molecule has 1 aliphatic rings. The summed E-state index contributed by atoms with van der Waals surface area (Å²) in [6, 6.07) is 26.8. The summed E-state index contributed by atoms with van der Waals surface area (Å²) < 4.78 is 56.3. The highest BCUT2D eigenvalue weighted by atomic mass is 32.2. The third kappa shape index (κ3) is 7.51. The Labute approximate surface area is 276 Å². The van der Waals surface area contributed by atoms with Gasteiger partial charge in [0.25, 0.3) is 5.91 Å². The fourth-order valence-corrected chi connectivity index (χ4v) is 7.19. The highest BCUT2D eigenvalue weighted by Crippen LogP contribution is 2.45.